The van der Waals surface area contributed by atoms with E-state index in [2.05, 4.69) is 15.1 Å². The first-order chi connectivity index (χ1) is 10.6. The van der Waals surface area contributed by atoms with Crippen molar-refractivity contribution in [2.45, 2.75) is 13.8 Å². The molecule has 2 aromatic heterocycles. The molecule has 108 valence electrons. The number of aromatic nitrogens is 4. The number of ether oxygens (including phenoxy) is 1. The lowest BCUT2D eigenvalue weighted by molar-refractivity contribution is 0.0722. The van der Waals surface area contributed by atoms with Crippen LogP contribution in [0, 0.1) is 25.2 Å². The van der Waals surface area contributed by atoms with Gasteiger partial charge in [0.1, 0.15) is 5.75 Å². The smallest absolute Gasteiger partial charge is 0.383 e. The van der Waals surface area contributed by atoms with Crippen molar-refractivity contribution in [3.8, 4) is 11.8 Å². The highest BCUT2D eigenvalue weighted by atomic mass is 16.5. The predicted octanol–water partition coefficient (Wildman–Crippen LogP) is 1.83. The van der Waals surface area contributed by atoms with E-state index in [4.69, 9.17) is 10.00 Å². The summed E-state index contributed by atoms with van der Waals surface area (Å²) in [6.07, 6.45) is 0. The lowest BCUT2D eigenvalue weighted by Crippen LogP contribution is -2.11. The van der Waals surface area contributed by atoms with Gasteiger partial charge in [0.05, 0.1) is 11.6 Å². The summed E-state index contributed by atoms with van der Waals surface area (Å²) in [5.74, 6) is -0.0641. The fraction of sp³-hybridized carbons (Fsp3) is 0.133. The number of hydrogen-bond acceptors (Lipinski definition) is 6. The molecule has 7 heteroatoms. The molecule has 22 heavy (non-hydrogen) atoms. The van der Waals surface area contributed by atoms with Crippen molar-refractivity contribution in [1.82, 2.24) is 19.6 Å². The number of carbonyl (C=O) groups is 1. The molecule has 0 aliphatic carbocycles. The third-order valence-electron chi connectivity index (χ3n) is 2.99. The maximum atomic E-state index is 12.1. The van der Waals surface area contributed by atoms with Crippen molar-refractivity contribution in [3.05, 3.63) is 53.1 Å². The first-order valence-electron chi connectivity index (χ1n) is 6.50. The van der Waals surface area contributed by atoms with Crippen LogP contribution in [-0.2, 0) is 0 Å². The SMILES string of the molecule is Cc1cc(C)n2nc(C(=O)Oc3ccc(C#N)cc3)nc2n1. The van der Waals surface area contributed by atoms with Gasteiger partial charge in [0.15, 0.2) is 0 Å². The van der Waals surface area contributed by atoms with E-state index in [-0.39, 0.29) is 5.82 Å². The van der Waals surface area contributed by atoms with E-state index in [0.717, 1.165) is 11.4 Å². The molecule has 2 heterocycles. The molecule has 1 aromatic carbocycles. The van der Waals surface area contributed by atoms with E-state index in [1.807, 2.05) is 26.0 Å². The van der Waals surface area contributed by atoms with Gasteiger partial charge < -0.3 is 4.74 Å². The highest BCUT2D eigenvalue weighted by Gasteiger charge is 2.17. The second-order valence-corrected chi connectivity index (χ2v) is 4.71. The summed E-state index contributed by atoms with van der Waals surface area (Å²) in [4.78, 5) is 20.4. The second-order valence-electron chi connectivity index (χ2n) is 4.71. The van der Waals surface area contributed by atoms with Crippen LogP contribution >= 0.6 is 0 Å². The minimum absolute atomic E-state index is 0.0643. The molecule has 0 N–H and O–H groups in total. The average molecular weight is 293 g/mol. The number of nitriles is 1. The second kappa shape index (κ2) is 5.26. The van der Waals surface area contributed by atoms with E-state index >= 15 is 0 Å². The topological polar surface area (TPSA) is 93.2 Å². The molecule has 3 aromatic rings. The van der Waals surface area contributed by atoms with Gasteiger partial charge in [-0.25, -0.2) is 14.3 Å². The number of esters is 1. The Bertz CT molecular complexity index is 906. The Morgan fingerprint density at radius 2 is 1.95 bits per heavy atom. The number of rotatable bonds is 2. The Morgan fingerprint density at radius 3 is 2.64 bits per heavy atom. The summed E-state index contributed by atoms with van der Waals surface area (Å²) in [5, 5.41) is 12.8. The highest BCUT2D eigenvalue weighted by molar-refractivity contribution is 5.87. The normalized spacial score (nSPS) is 10.4. The number of hydrogen-bond donors (Lipinski definition) is 0. The van der Waals surface area contributed by atoms with Crippen molar-refractivity contribution in [2.75, 3.05) is 0 Å². The van der Waals surface area contributed by atoms with Crippen LogP contribution in [0.5, 0.6) is 5.75 Å². The minimum Gasteiger partial charge on any atom is -0.421 e. The molecule has 0 bridgehead atoms. The van der Waals surface area contributed by atoms with Gasteiger partial charge in [-0.2, -0.15) is 10.2 Å². The van der Waals surface area contributed by atoms with Gasteiger partial charge in [-0.3, -0.25) is 0 Å². The largest absolute Gasteiger partial charge is 0.421 e. The van der Waals surface area contributed by atoms with Gasteiger partial charge in [0, 0.05) is 11.4 Å². The lowest BCUT2D eigenvalue weighted by Gasteiger charge is -2.00. The van der Waals surface area contributed by atoms with E-state index in [1.165, 1.54) is 4.52 Å². The Morgan fingerprint density at radius 1 is 1.23 bits per heavy atom. The quantitative estimate of drug-likeness (QED) is 0.528. The Hall–Kier alpha value is -3.27. The first-order valence-corrected chi connectivity index (χ1v) is 6.50. The number of benzene rings is 1. The highest BCUT2D eigenvalue weighted by Crippen LogP contribution is 2.13. The molecule has 0 atom stereocenters. The van der Waals surface area contributed by atoms with E-state index in [0.29, 0.717) is 17.1 Å². The van der Waals surface area contributed by atoms with Crippen LogP contribution in [0.1, 0.15) is 27.6 Å². The number of nitrogens with zero attached hydrogens (tertiary/aromatic N) is 5. The third kappa shape index (κ3) is 2.50. The van der Waals surface area contributed by atoms with Crippen molar-refractivity contribution in [1.29, 1.82) is 5.26 Å². The molecule has 0 fully saturated rings. The van der Waals surface area contributed by atoms with Crippen LogP contribution in [-0.4, -0.2) is 25.6 Å². The molecule has 0 saturated carbocycles. The van der Waals surface area contributed by atoms with Crippen LogP contribution in [0.15, 0.2) is 30.3 Å². The summed E-state index contributed by atoms with van der Waals surface area (Å²) < 4.78 is 6.67. The standard InChI is InChI=1S/C15H11N5O2/c1-9-7-10(2)20-15(17-9)18-13(19-20)14(21)22-12-5-3-11(8-16)4-6-12/h3-7H,1-2H3. The van der Waals surface area contributed by atoms with Crippen molar-refractivity contribution in [2.24, 2.45) is 0 Å². The molecule has 0 saturated heterocycles. The van der Waals surface area contributed by atoms with Crippen molar-refractivity contribution in [3.63, 3.8) is 0 Å². The van der Waals surface area contributed by atoms with Crippen LogP contribution in [0.2, 0.25) is 0 Å². The molecule has 3 rings (SSSR count). The molecule has 0 aliphatic rings. The van der Waals surface area contributed by atoms with Crippen LogP contribution < -0.4 is 4.74 Å². The van der Waals surface area contributed by atoms with Gasteiger partial charge in [-0.1, -0.05) is 0 Å². The Balaban J connectivity index is 1.88. The monoisotopic (exact) mass is 293 g/mol. The van der Waals surface area contributed by atoms with Gasteiger partial charge in [-0.15, -0.1) is 5.10 Å². The predicted molar refractivity (Wildman–Crippen MR) is 76.4 cm³/mol. The zero-order valence-electron chi connectivity index (χ0n) is 11.9. The van der Waals surface area contributed by atoms with Crippen LogP contribution in [0.3, 0.4) is 0 Å². The van der Waals surface area contributed by atoms with Crippen LogP contribution in [0.25, 0.3) is 5.78 Å². The molecule has 7 nitrogen and oxygen atoms in total. The number of fused-ring (bicyclic) bond motifs is 1. The number of carbonyl (C=O) groups excluding carboxylic acids is 1. The van der Waals surface area contributed by atoms with Gasteiger partial charge >= 0.3 is 5.97 Å². The lowest BCUT2D eigenvalue weighted by atomic mass is 10.2. The average Bonchev–Trinajstić information content (AvgIpc) is 2.92. The summed E-state index contributed by atoms with van der Waals surface area (Å²) in [7, 11) is 0. The molecule has 0 unspecified atom stereocenters. The van der Waals surface area contributed by atoms with Crippen molar-refractivity contribution < 1.29 is 9.53 Å². The fourth-order valence-electron chi connectivity index (χ4n) is 2.00. The van der Waals surface area contributed by atoms with Gasteiger partial charge in [0.25, 0.3) is 11.6 Å². The third-order valence-corrected chi connectivity index (χ3v) is 2.99. The van der Waals surface area contributed by atoms with Gasteiger partial charge in [0.2, 0.25) is 0 Å². The zero-order chi connectivity index (χ0) is 15.7. The fourth-order valence-corrected chi connectivity index (χ4v) is 2.00. The molecular weight excluding hydrogens is 282 g/mol. The molecule has 0 radical (unpaired) electrons. The molecule has 0 spiro atoms. The molecule has 0 aliphatic heterocycles. The van der Waals surface area contributed by atoms with E-state index < -0.39 is 5.97 Å². The van der Waals surface area contributed by atoms with Gasteiger partial charge in [-0.05, 0) is 44.2 Å². The Labute approximate surface area is 125 Å². The number of aryl methyl sites for hydroxylation is 2. The zero-order valence-corrected chi connectivity index (χ0v) is 11.9. The van der Waals surface area contributed by atoms with Crippen LogP contribution in [0.4, 0.5) is 0 Å². The summed E-state index contributed by atoms with van der Waals surface area (Å²) in [6, 6.07) is 10.0. The van der Waals surface area contributed by atoms with E-state index in [9.17, 15) is 4.79 Å². The first kappa shape index (κ1) is 13.7. The maximum absolute atomic E-state index is 12.1. The van der Waals surface area contributed by atoms with Crippen molar-refractivity contribution >= 4 is 11.7 Å². The Kier molecular flexibility index (Phi) is 3.27. The minimum atomic E-state index is -0.674. The maximum Gasteiger partial charge on any atom is 0.383 e. The van der Waals surface area contributed by atoms with E-state index in [1.54, 1.807) is 24.3 Å². The molecule has 0 amide bonds. The summed E-state index contributed by atoms with van der Waals surface area (Å²) in [6.45, 7) is 3.70. The summed E-state index contributed by atoms with van der Waals surface area (Å²) >= 11 is 0. The molecular formula is C15H11N5O2. The summed E-state index contributed by atoms with van der Waals surface area (Å²) in [5.41, 5.74) is 2.11.